The predicted molar refractivity (Wildman–Crippen MR) is 114 cm³/mol. The second kappa shape index (κ2) is 6.79. The van der Waals surface area contributed by atoms with Gasteiger partial charge >= 0.3 is 0 Å². The van der Waals surface area contributed by atoms with E-state index >= 15 is 0 Å². The molecule has 0 saturated heterocycles. The van der Waals surface area contributed by atoms with Crippen LogP contribution in [0, 0.1) is 46.5 Å². The van der Waals surface area contributed by atoms with Crippen molar-refractivity contribution in [1.82, 2.24) is 0 Å². The van der Waals surface area contributed by atoms with Crippen molar-refractivity contribution < 1.29 is 35.1 Å². The van der Waals surface area contributed by atoms with Gasteiger partial charge < -0.3 is 0 Å². The molecule has 0 fully saturated rings. The van der Waals surface area contributed by atoms with Crippen LogP contribution >= 0.6 is 0 Å². The standard InChI is InChI=1S/C26H8F8/c27-19-13-7-3-9-1-5-11-12(15(9)17(13)21(29)25(33)23(19)31)6-2-10-4-8-14-18(16(10)11)22(30)26(34)24(32)20(14)28/h1-8H. The van der Waals surface area contributed by atoms with Gasteiger partial charge in [0, 0.05) is 32.3 Å². The van der Waals surface area contributed by atoms with Crippen molar-refractivity contribution in [2.75, 3.05) is 0 Å². The van der Waals surface area contributed by atoms with Crippen LogP contribution < -0.4 is 0 Å². The highest BCUT2D eigenvalue weighted by atomic mass is 19.2. The molecule has 0 amide bonds. The summed E-state index contributed by atoms with van der Waals surface area (Å²) in [7, 11) is 0. The van der Waals surface area contributed by atoms with Crippen LogP contribution in [0.4, 0.5) is 35.1 Å². The largest absolute Gasteiger partial charge is 0.203 e. The summed E-state index contributed by atoms with van der Waals surface area (Å²) in [6, 6.07) is 10.8. The van der Waals surface area contributed by atoms with Crippen molar-refractivity contribution in [3.05, 3.63) is 95.1 Å². The Labute approximate surface area is 184 Å². The third-order valence-corrected chi connectivity index (χ3v) is 6.23. The van der Waals surface area contributed by atoms with Gasteiger partial charge in [-0.3, -0.25) is 0 Å². The monoisotopic (exact) mass is 472 g/mol. The first kappa shape index (κ1) is 20.7. The van der Waals surface area contributed by atoms with Crippen LogP contribution in [0.3, 0.4) is 0 Å². The minimum absolute atomic E-state index is 0.00679. The molecule has 6 rings (SSSR count). The molecule has 0 heterocycles. The summed E-state index contributed by atoms with van der Waals surface area (Å²) >= 11 is 0. The third-order valence-electron chi connectivity index (χ3n) is 6.23. The molecule has 8 heteroatoms. The van der Waals surface area contributed by atoms with E-state index in [0.717, 1.165) is 12.1 Å². The lowest BCUT2D eigenvalue weighted by molar-refractivity contribution is 0.418. The van der Waals surface area contributed by atoms with Gasteiger partial charge in [-0.1, -0.05) is 48.5 Å². The van der Waals surface area contributed by atoms with E-state index in [1.807, 2.05) is 0 Å². The maximum Gasteiger partial charge on any atom is 0.198 e. The second-order valence-corrected chi connectivity index (χ2v) is 7.91. The number of rotatable bonds is 0. The van der Waals surface area contributed by atoms with Gasteiger partial charge in [-0.15, -0.1) is 0 Å². The Morgan fingerprint density at radius 2 is 0.559 bits per heavy atom. The van der Waals surface area contributed by atoms with Gasteiger partial charge in [0.1, 0.15) is 0 Å². The van der Waals surface area contributed by atoms with E-state index in [4.69, 9.17) is 0 Å². The topological polar surface area (TPSA) is 0 Å². The molecule has 0 spiro atoms. The summed E-state index contributed by atoms with van der Waals surface area (Å²) in [4.78, 5) is 0. The number of benzene rings is 6. The summed E-state index contributed by atoms with van der Waals surface area (Å²) in [6.45, 7) is 0. The van der Waals surface area contributed by atoms with E-state index in [1.54, 1.807) is 0 Å². The Bertz CT molecular complexity index is 1750. The molecule has 0 saturated carbocycles. The van der Waals surface area contributed by atoms with Crippen LogP contribution in [0.1, 0.15) is 0 Å². The molecule has 34 heavy (non-hydrogen) atoms. The summed E-state index contributed by atoms with van der Waals surface area (Å²) in [5.41, 5.74) is 0. The van der Waals surface area contributed by atoms with Crippen LogP contribution in [0.15, 0.2) is 48.5 Å². The Kier molecular flexibility index (Phi) is 4.12. The van der Waals surface area contributed by atoms with Crippen LogP contribution in [-0.2, 0) is 0 Å². The van der Waals surface area contributed by atoms with E-state index < -0.39 is 68.1 Å². The Balaban J connectivity index is 1.94. The van der Waals surface area contributed by atoms with Crippen molar-refractivity contribution in [2.24, 2.45) is 0 Å². The SMILES string of the molecule is Fc1c(F)c(F)c2c(ccc3ccc4c(ccc5ccc6c(F)c(F)c(F)c(F)c6c54)c32)c1F. The van der Waals surface area contributed by atoms with Crippen molar-refractivity contribution in [3.8, 4) is 0 Å². The van der Waals surface area contributed by atoms with Gasteiger partial charge in [0.15, 0.2) is 46.5 Å². The zero-order valence-electron chi connectivity index (χ0n) is 16.6. The fourth-order valence-corrected chi connectivity index (χ4v) is 4.72. The lowest BCUT2D eigenvalue weighted by Crippen LogP contribution is -2.00. The maximum atomic E-state index is 14.9. The molecule has 0 unspecified atom stereocenters. The second-order valence-electron chi connectivity index (χ2n) is 7.91. The van der Waals surface area contributed by atoms with Crippen LogP contribution in [0.5, 0.6) is 0 Å². The Morgan fingerprint density at radius 3 is 0.912 bits per heavy atom. The van der Waals surface area contributed by atoms with Crippen LogP contribution in [0.2, 0.25) is 0 Å². The number of fused-ring (bicyclic) bond motifs is 9. The van der Waals surface area contributed by atoms with Crippen molar-refractivity contribution in [1.29, 1.82) is 0 Å². The predicted octanol–water partition coefficient (Wildman–Crippen LogP) is 8.57. The maximum absolute atomic E-state index is 14.9. The summed E-state index contributed by atoms with van der Waals surface area (Å²) in [5.74, 6) is -14.3. The average molecular weight is 472 g/mol. The van der Waals surface area contributed by atoms with E-state index in [1.165, 1.54) is 36.4 Å². The lowest BCUT2D eigenvalue weighted by Gasteiger charge is -2.14. The quantitative estimate of drug-likeness (QED) is 0.0899. The summed E-state index contributed by atoms with van der Waals surface area (Å²) < 4.78 is 115. The molecule has 168 valence electrons. The number of hydrogen-bond acceptors (Lipinski definition) is 0. The van der Waals surface area contributed by atoms with E-state index in [9.17, 15) is 35.1 Å². The minimum atomic E-state index is -1.99. The smallest absolute Gasteiger partial charge is 0.198 e. The molecule has 0 atom stereocenters. The van der Waals surface area contributed by atoms with Gasteiger partial charge in [0.25, 0.3) is 0 Å². The minimum Gasteiger partial charge on any atom is -0.203 e. The summed E-state index contributed by atoms with van der Waals surface area (Å²) in [6.07, 6.45) is 0. The Hall–Kier alpha value is -3.94. The fraction of sp³-hybridized carbons (Fsp3) is 0. The Morgan fingerprint density at radius 1 is 0.265 bits per heavy atom. The average Bonchev–Trinajstić information content (AvgIpc) is 2.86. The molecule has 0 aliphatic rings. The lowest BCUT2D eigenvalue weighted by atomic mass is 9.91. The first-order valence-corrected chi connectivity index (χ1v) is 9.90. The molecule has 0 radical (unpaired) electrons. The van der Waals surface area contributed by atoms with E-state index in [0.29, 0.717) is 10.8 Å². The van der Waals surface area contributed by atoms with Crippen LogP contribution in [0.25, 0.3) is 53.9 Å². The van der Waals surface area contributed by atoms with Gasteiger partial charge in [-0.2, -0.15) is 0 Å². The van der Waals surface area contributed by atoms with E-state index in [-0.39, 0.29) is 21.5 Å². The van der Waals surface area contributed by atoms with Crippen molar-refractivity contribution >= 4 is 53.9 Å². The number of hydrogen-bond donors (Lipinski definition) is 0. The molecule has 6 aromatic carbocycles. The molecule has 0 bridgehead atoms. The molecule has 0 N–H and O–H groups in total. The molecular formula is C26H8F8. The van der Waals surface area contributed by atoms with Gasteiger partial charge in [0.05, 0.1) is 0 Å². The van der Waals surface area contributed by atoms with Gasteiger partial charge in [-0.05, 0) is 21.5 Å². The zero-order valence-corrected chi connectivity index (χ0v) is 16.6. The molecule has 6 aromatic rings. The first-order chi connectivity index (χ1) is 16.2. The van der Waals surface area contributed by atoms with Crippen molar-refractivity contribution in [3.63, 3.8) is 0 Å². The molecule has 0 aromatic heterocycles. The first-order valence-electron chi connectivity index (χ1n) is 9.90. The molecular weight excluding hydrogens is 464 g/mol. The molecule has 0 nitrogen and oxygen atoms in total. The highest BCUT2D eigenvalue weighted by Crippen LogP contribution is 2.41. The summed E-state index contributed by atoms with van der Waals surface area (Å²) in [5, 5.41) is -1.14. The zero-order chi connectivity index (χ0) is 24.0. The fourth-order valence-electron chi connectivity index (χ4n) is 4.72. The molecule has 0 aliphatic carbocycles. The normalized spacial score (nSPS) is 12.1. The van der Waals surface area contributed by atoms with E-state index in [2.05, 4.69) is 0 Å². The highest BCUT2D eigenvalue weighted by molar-refractivity contribution is 6.28. The molecule has 0 aliphatic heterocycles. The third kappa shape index (κ3) is 2.42. The highest BCUT2D eigenvalue weighted by Gasteiger charge is 2.25. The van der Waals surface area contributed by atoms with Crippen LogP contribution in [-0.4, -0.2) is 0 Å². The van der Waals surface area contributed by atoms with Gasteiger partial charge in [-0.25, -0.2) is 35.1 Å². The van der Waals surface area contributed by atoms with Crippen molar-refractivity contribution in [2.45, 2.75) is 0 Å². The number of halogens is 8. The van der Waals surface area contributed by atoms with Gasteiger partial charge in [0.2, 0.25) is 0 Å².